The molecule has 4 aromatic rings. The number of nitrogens with zero attached hydrogens (tertiary/aromatic N) is 1. The lowest BCUT2D eigenvalue weighted by molar-refractivity contribution is -0.118. The summed E-state index contributed by atoms with van der Waals surface area (Å²) < 4.78 is 10.8. The van der Waals surface area contributed by atoms with Gasteiger partial charge in [-0.1, -0.05) is 6.07 Å². The van der Waals surface area contributed by atoms with Gasteiger partial charge in [-0.15, -0.1) is 11.3 Å². The second-order valence-corrected chi connectivity index (χ2v) is 8.39. The number of benzene rings is 2. The first-order valence-corrected chi connectivity index (χ1v) is 10.7. The predicted octanol–water partition coefficient (Wildman–Crippen LogP) is 5.17. The Morgan fingerprint density at radius 1 is 1.03 bits per heavy atom. The van der Waals surface area contributed by atoms with Crippen LogP contribution in [0, 0.1) is 27.7 Å². The Labute approximate surface area is 183 Å². The van der Waals surface area contributed by atoms with Gasteiger partial charge in [0, 0.05) is 28.5 Å². The molecule has 0 unspecified atom stereocenters. The largest absolute Gasteiger partial charge is 0.484 e. The highest BCUT2D eigenvalue weighted by atomic mass is 32.1. The van der Waals surface area contributed by atoms with E-state index < -0.39 is 5.63 Å². The third kappa shape index (κ3) is 4.51. The molecule has 0 aliphatic rings. The number of anilines is 1. The van der Waals surface area contributed by atoms with Gasteiger partial charge in [0.1, 0.15) is 11.3 Å². The number of aryl methyl sites for hydroxylation is 4. The summed E-state index contributed by atoms with van der Waals surface area (Å²) in [5.41, 5.74) is 6.32. The van der Waals surface area contributed by atoms with E-state index in [4.69, 9.17) is 9.15 Å². The fraction of sp³-hybridized carbons (Fsp3) is 0.208. The van der Waals surface area contributed by atoms with Crippen LogP contribution in [0.3, 0.4) is 0 Å². The van der Waals surface area contributed by atoms with Gasteiger partial charge in [0.15, 0.2) is 11.7 Å². The zero-order chi connectivity index (χ0) is 22.1. The van der Waals surface area contributed by atoms with Crippen LogP contribution in [0.5, 0.6) is 5.75 Å². The maximum absolute atomic E-state index is 12.3. The van der Waals surface area contributed by atoms with Crippen molar-refractivity contribution in [1.29, 1.82) is 0 Å². The highest BCUT2D eigenvalue weighted by molar-refractivity contribution is 7.14. The van der Waals surface area contributed by atoms with Crippen molar-refractivity contribution in [2.24, 2.45) is 0 Å². The van der Waals surface area contributed by atoms with Crippen LogP contribution in [0.15, 0.2) is 51.0 Å². The summed E-state index contributed by atoms with van der Waals surface area (Å²) in [7, 11) is 0. The molecule has 0 aliphatic carbocycles. The minimum atomic E-state index is -0.418. The molecule has 0 saturated heterocycles. The predicted molar refractivity (Wildman–Crippen MR) is 123 cm³/mol. The first kappa shape index (κ1) is 20.8. The number of ether oxygens (including phenoxy) is 1. The van der Waals surface area contributed by atoms with Gasteiger partial charge in [-0.25, -0.2) is 9.78 Å². The first-order valence-electron chi connectivity index (χ1n) is 9.81. The van der Waals surface area contributed by atoms with Crippen LogP contribution >= 0.6 is 11.3 Å². The highest BCUT2D eigenvalue weighted by Gasteiger charge is 2.12. The number of fused-ring (bicyclic) bond motifs is 1. The van der Waals surface area contributed by atoms with E-state index in [1.807, 2.05) is 12.3 Å². The third-order valence-electron chi connectivity index (χ3n) is 5.16. The smallest absolute Gasteiger partial charge is 0.336 e. The lowest BCUT2D eigenvalue weighted by Crippen LogP contribution is -2.20. The van der Waals surface area contributed by atoms with Crippen molar-refractivity contribution in [3.63, 3.8) is 0 Å². The number of carbonyl (C=O) groups excluding carboxylic acids is 1. The zero-order valence-electron chi connectivity index (χ0n) is 17.7. The lowest BCUT2D eigenvalue weighted by atomic mass is 9.99. The Hall–Kier alpha value is -3.45. The van der Waals surface area contributed by atoms with E-state index in [1.54, 1.807) is 18.2 Å². The zero-order valence-corrected chi connectivity index (χ0v) is 18.6. The minimum absolute atomic E-state index is 0.181. The van der Waals surface area contributed by atoms with Crippen LogP contribution in [0.2, 0.25) is 0 Å². The normalized spacial score (nSPS) is 11.0. The Morgan fingerprint density at radius 3 is 2.61 bits per heavy atom. The SMILES string of the molecule is Cc1cc(C)c(-c2csc(NC(=O)COc3ccc4c(C)cc(=O)oc4c3)n2)cc1C. The number of aromatic nitrogens is 1. The molecule has 2 aromatic carbocycles. The molecular formula is C24H22N2O4S. The maximum Gasteiger partial charge on any atom is 0.336 e. The van der Waals surface area contributed by atoms with Crippen LogP contribution in [0.4, 0.5) is 5.13 Å². The van der Waals surface area contributed by atoms with E-state index in [0.29, 0.717) is 16.5 Å². The summed E-state index contributed by atoms with van der Waals surface area (Å²) in [5, 5.41) is 6.05. The van der Waals surface area contributed by atoms with Gasteiger partial charge < -0.3 is 9.15 Å². The first-order chi connectivity index (χ1) is 14.8. The fourth-order valence-electron chi connectivity index (χ4n) is 3.39. The van der Waals surface area contributed by atoms with Crippen molar-refractivity contribution < 1.29 is 13.9 Å². The third-order valence-corrected chi connectivity index (χ3v) is 5.92. The molecule has 31 heavy (non-hydrogen) atoms. The van der Waals surface area contributed by atoms with E-state index in [9.17, 15) is 9.59 Å². The van der Waals surface area contributed by atoms with E-state index in [2.05, 4.69) is 43.2 Å². The molecule has 0 bridgehead atoms. The van der Waals surface area contributed by atoms with Crippen molar-refractivity contribution in [3.05, 3.63) is 74.5 Å². The Kier molecular flexibility index (Phi) is 5.61. The van der Waals surface area contributed by atoms with Gasteiger partial charge in [0.25, 0.3) is 5.91 Å². The molecule has 0 atom stereocenters. The molecule has 0 saturated carbocycles. The molecule has 6 nitrogen and oxygen atoms in total. The molecule has 0 aliphatic heterocycles. The topological polar surface area (TPSA) is 81.4 Å². The molecule has 2 aromatic heterocycles. The van der Waals surface area contributed by atoms with Crippen molar-refractivity contribution in [3.8, 4) is 17.0 Å². The van der Waals surface area contributed by atoms with Gasteiger partial charge in [0.2, 0.25) is 0 Å². The molecule has 0 radical (unpaired) electrons. The monoisotopic (exact) mass is 434 g/mol. The number of carbonyl (C=O) groups is 1. The summed E-state index contributed by atoms with van der Waals surface area (Å²) in [4.78, 5) is 28.4. The second-order valence-electron chi connectivity index (χ2n) is 7.53. The van der Waals surface area contributed by atoms with Crippen LogP contribution in [0.1, 0.15) is 22.3 Å². The van der Waals surface area contributed by atoms with Gasteiger partial charge >= 0.3 is 5.63 Å². The fourth-order valence-corrected chi connectivity index (χ4v) is 4.12. The second kappa shape index (κ2) is 8.35. The summed E-state index contributed by atoms with van der Waals surface area (Å²) in [6.45, 7) is 7.88. The summed E-state index contributed by atoms with van der Waals surface area (Å²) >= 11 is 1.37. The van der Waals surface area contributed by atoms with Gasteiger partial charge in [-0.3, -0.25) is 10.1 Å². The van der Waals surface area contributed by atoms with Crippen molar-refractivity contribution in [2.75, 3.05) is 11.9 Å². The van der Waals surface area contributed by atoms with Gasteiger partial charge in [-0.2, -0.15) is 0 Å². The molecule has 0 fully saturated rings. The average molecular weight is 435 g/mol. The molecule has 0 spiro atoms. The standard InChI is InChI=1S/C24H22N2O4S/c1-13-7-15(3)19(8-14(13)2)20-12-31-24(25-20)26-22(27)11-29-17-5-6-18-16(4)9-23(28)30-21(18)10-17/h5-10,12H,11H2,1-4H3,(H,25,26,27). The Bertz CT molecular complexity index is 1350. The lowest BCUT2D eigenvalue weighted by Gasteiger charge is -2.08. The summed E-state index contributed by atoms with van der Waals surface area (Å²) in [5.74, 6) is 0.130. The van der Waals surface area contributed by atoms with Crippen LogP contribution in [0.25, 0.3) is 22.2 Å². The molecule has 1 amide bonds. The Balaban J connectivity index is 1.43. The van der Waals surface area contributed by atoms with E-state index in [0.717, 1.165) is 27.8 Å². The van der Waals surface area contributed by atoms with Crippen LogP contribution in [-0.2, 0) is 4.79 Å². The Morgan fingerprint density at radius 2 is 1.81 bits per heavy atom. The number of hydrogen-bond acceptors (Lipinski definition) is 6. The summed E-state index contributed by atoms with van der Waals surface area (Å²) in [6, 6.07) is 10.9. The number of thiazole rings is 1. The van der Waals surface area contributed by atoms with Crippen molar-refractivity contribution >= 4 is 33.3 Å². The van der Waals surface area contributed by atoms with Crippen LogP contribution < -0.4 is 15.7 Å². The number of nitrogens with one attached hydrogen (secondary N) is 1. The molecular weight excluding hydrogens is 412 g/mol. The quantitative estimate of drug-likeness (QED) is 0.438. The van der Waals surface area contributed by atoms with E-state index in [-0.39, 0.29) is 12.5 Å². The molecule has 4 rings (SSSR count). The van der Waals surface area contributed by atoms with Gasteiger partial charge in [-0.05, 0) is 68.1 Å². The summed E-state index contributed by atoms with van der Waals surface area (Å²) in [6.07, 6.45) is 0. The average Bonchev–Trinajstić information content (AvgIpc) is 3.16. The maximum atomic E-state index is 12.3. The van der Waals surface area contributed by atoms with Gasteiger partial charge in [0.05, 0.1) is 5.69 Å². The van der Waals surface area contributed by atoms with Crippen molar-refractivity contribution in [1.82, 2.24) is 4.98 Å². The molecule has 2 heterocycles. The van der Waals surface area contributed by atoms with E-state index in [1.165, 1.54) is 28.5 Å². The highest BCUT2D eigenvalue weighted by Crippen LogP contribution is 2.29. The van der Waals surface area contributed by atoms with E-state index >= 15 is 0 Å². The minimum Gasteiger partial charge on any atom is -0.484 e. The van der Waals surface area contributed by atoms with Crippen LogP contribution in [-0.4, -0.2) is 17.5 Å². The molecule has 1 N–H and O–H groups in total. The number of hydrogen-bond donors (Lipinski definition) is 1. The van der Waals surface area contributed by atoms with Crippen molar-refractivity contribution in [2.45, 2.75) is 27.7 Å². The molecule has 7 heteroatoms. The molecule has 158 valence electrons. The number of rotatable bonds is 5. The number of amides is 1.